The molecule has 0 N–H and O–H groups in total. The highest BCUT2D eigenvalue weighted by atomic mass is 32.1. The predicted molar refractivity (Wildman–Crippen MR) is 141 cm³/mol. The fourth-order valence-corrected chi connectivity index (χ4v) is 5.92. The number of unbranched alkanes of at least 4 members (excludes halogenated alkanes) is 12. The molecule has 2 heteroatoms. The molecule has 2 heterocycles. The van der Waals surface area contributed by atoms with E-state index in [4.69, 9.17) is 0 Å². The minimum absolute atomic E-state index is 1.25. The van der Waals surface area contributed by atoms with Crippen molar-refractivity contribution >= 4 is 33.8 Å². The molecule has 2 aromatic heterocycles. The van der Waals surface area contributed by atoms with Gasteiger partial charge in [0.1, 0.15) is 0 Å². The lowest BCUT2D eigenvalue weighted by Crippen LogP contribution is -1.92. The lowest BCUT2D eigenvalue weighted by molar-refractivity contribution is 0.579. The fourth-order valence-electron chi connectivity index (χ4n) is 4.26. The molecule has 0 saturated carbocycles. The molecule has 168 valence electrons. The summed E-state index contributed by atoms with van der Waals surface area (Å²) in [5.74, 6) is 0. The number of rotatable bonds is 18. The van der Waals surface area contributed by atoms with Crippen molar-refractivity contribution in [2.45, 2.75) is 117 Å². The second-order valence-corrected chi connectivity index (χ2v) is 10.5. The van der Waals surface area contributed by atoms with Gasteiger partial charge in [-0.2, -0.15) is 0 Å². The van der Waals surface area contributed by atoms with Crippen LogP contribution < -0.4 is 0 Å². The van der Waals surface area contributed by atoms with Crippen LogP contribution in [0.1, 0.15) is 126 Å². The van der Waals surface area contributed by atoms with E-state index in [-0.39, 0.29) is 0 Å². The molecule has 0 fully saturated rings. The average Bonchev–Trinajstić information content (AvgIpc) is 3.47. The van der Waals surface area contributed by atoms with Crippen molar-refractivity contribution in [2.24, 2.45) is 0 Å². The maximum absolute atomic E-state index is 2.35. The molecule has 0 unspecified atom stereocenters. The molecule has 0 aromatic carbocycles. The zero-order chi connectivity index (χ0) is 21.3. The molecule has 0 spiro atoms. The van der Waals surface area contributed by atoms with E-state index in [2.05, 4.69) is 48.9 Å². The minimum atomic E-state index is 1.25. The van der Waals surface area contributed by atoms with Gasteiger partial charge in [-0.05, 0) is 59.7 Å². The van der Waals surface area contributed by atoms with E-state index in [1.807, 2.05) is 22.7 Å². The molecule has 0 bridgehead atoms. The fraction of sp³-hybridized carbons (Fsp3) is 0.643. The molecule has 0 radical (unpaired) electrons. The number of hydrogen-bond donors (Lipinski definition) is 0. The maximum atomic E-state index is 2.35. The van der Waals surface area contributed by atoms with Crippen LogP contribution in [0.25, 0.3) is 11.1 Å². The Balaban J connectivity index is 1.96. The van der Waals surface area contributed by atoms with Crippen LogP contribution in [-0.4, -0.2) is 0 Å². The third-order valence-electron chi connectivity index (χ3n) is 6.06. The summed E-state index contributed by atoms with van der Waals surface area (Å²) in [4.78, 5) is 3.01. The van der Waals surface area contributed by atoms with E-state index < -0.39 is 0 Å². The van der Waals surface area contributed by atoms with Gasteiger partial charge in [0.05, 0.1) is 0 Å². The normalized spacial score (nSPS) is 12.3. The van der Waals surface area contributed by atoms with Crippen LogP contribution in [0.15, 0.2) is 35.0 Å². The van der Waals surface area contributed by atoms with Crippen LogP contribution in [-0.2, 0) is 0 Å². The number of allylic oxidation sites excluding steroid dienone is 2. The van der Waals surface area contributed by atoms with Crippen LogP contribution >= 0.6 is 22.7 Å². The third-order valence-corrected chi connectivity index (χ3v) is 7.92. The van der Waals surface area contributed by atoms with Crippen molar-refractivity contribution in [1.29, 1.82) is 0 Å². The van der Waals surface area contributed by atoms with Gasteiger partial charge in [-0.3, -0.25) is 0 Å². The Labute approximate surface area is 194 Å². The Hall–Kier alpha value is -0.860. The van der Waals surface area contributed by atoms with Crippen LogP contribution in [0.4, 0.5) is 0 Å². The predicted octanol–water partition coefficient (Wildman–Crippen LogP) is 11.0. The van der Waals surface area contributed by atoms with E-state index in [1.165, 1.54) is 112 Å². The van der Waals surface area contributed by atoms with Gasteiger partial charge in [0.2, 0.25) is 0 Å². The van der Waals surface area contributed by atoms with Gasteiger partial charge in [-0.15, -0.1) is 22.7 Å². The summed E-state index contributed by atoms with van der Waals surface area (Å²) < 4.78 is 0. The van der Waals surface area contributed by atoms with Gasteiger partial charge >= 0.3 is 0 Å². The monoisotopic (exact) mass is 444 g/mol. The lowest BCUT2D eigenvalue weighted by Gasteiger charge is -2.14. The highest BCUT2D eigenvalue weighted by Crippen LogP contribution is 2.38. The summed E-state index contributed by atoms with van der Waals surface area (Å²) in [6.07, 6.45) is 21.9. The van der Waals surface area contributed by atoms with Gasteiger partial charge in [-0.25, -0.2) is 0 Å². The minimum Gasteiger partial charge on any atom is -0.144 e. The largest absolute Gasteiger partial charge is 0.144 e. The van der Waals surface area contributed by atoms with E-state index >= 15 is 0 Å². The summed E-state index contributed by atoms with van der Waals surface area (Å²) in [5.41, 5.74) is 3.29. The molecule has 30 heavy (non-hydrogen) atoms. The standard InChI is InChI=1S/C28H44S2/c1-3-5-7-9-11-12-14-16-20-26(28-22-18-24-30-28)25(27-21-17-23-29-27)19-15-13-10-8-6-4-2/h17-18,21-24H,3-16,19-20H2,1-2H3. The highest BCUT2D eigenvalue weighted by Gasteiger charge is 2.13. The van der Waals surface area contributed by atoms with Gasteiger partial charge < -0.3 is 0 Å². The van der Waals surface area contributed by atoms with E-state index in [9.17, 15) is 0 Å². The number of thiophene rings is 2. The van der Waals surface area contributed by atoms with Gasteiger partial charge in [0.25, 0.3) is 0 Å². The topological polar surface area (TPSA) is 0 Å². The van der Waals surface area contributed by atoms with Crippen molar-refractivity contribution in [3.8, 4) is 0 Å². The summed E-state index contributed by atoms with van der Waals surface area (Å²) in [6, 6.07) is 9.14. The second-order valence-electron chi connectivity index (χ2n) is 8.65. The van der Waals surface area contributed by atoms with E-state index in [1.54, 1.807) is 11.1 Å². The quantitative estimate of drug-likeness (QED) is 0.200. The lowest BCUT2D eigenvalue weighted by atomic mass is 9.94. The van der Waals surface area contributed by atoms with Gasteiger partial charge in [0, 0.05) is 9.75 Å². The summed E-state index contributed by atoms with van der Waals surface area (Å²) in [7, 11) is 0. The molecule has 0 aliphatic heterocycles. The Morgan fingerprint density at radius 2 is 0.900 bits per heavy atom. The summed E-state index contributed by atoms with van der Waals surface area (Å²) in [5, 5.41) is 4.50. The SMILES string of the molecule is CCCCCCCCCCC(=C(CCCCCCCC)c1cccs1)c1cccs1. The average molecular weight is 445 g/mol. The maximum Gasteiger partial charge on any atom is 0.0305 e. The number of hydrogen-bond acceptors (Lipinski definition) is 2. The van der Waals surface area contributed by atoms with Crippen LogP contribution in [0.2, 0.25) is 0 Å². The summed E-state index contributed by atoms with van der Waals surface area (Å²) in [6.45, 7) is 4.60. The van der Waals surface area contributed by atoms with Crippen LogP contribution in [0.3, 0.4) is 0 Å². The smallest absolute Gasteiger partial charge is 0.0305 e. The molecule has 0 amide bonds. The van der Waals surface area contributed by atoms with Crippen LogP contribution in [0, 0.1) is 0 Å². The first-order valence-corrected chi connectivity index (χ1v) is 14.4. The van der Waals surface area contributed by atoms with Crippen LogP contribution in [0.5, 0.6) is 0 Å². The van der Waals surface area contributed by atoms with E-state index in [0.717, 1.165) is 0 Å². The van der Waals surface area contributed by atoms with Crippen molar-refractivity contribution in [1.82, 2.24) is 0 Å². The van der Waals surface area contributed by atoms with Gasteiger partial charge in [0.15, 0.2) is 0 Å². The van der Waals surface area contributed by atoms with Crippen molar-refractivity contribution < 1.29 is 0 Å². The molecular weight excluding hydrogens is 400 g/mol. The second kappa shape index (κ2) is 16.8. The first-order chi connectivity index (χ1) is 14.9. The zero-order valence-electron chi connectivity index (χ0n) is 19.6. The Bertz CT molecular complexity index is 649. The van der Waals surface area contributed by atoms with Crippen molar-refractivity contribution in [3.05, 3.63) is 44.8 Å². The molecule has 0 aliphatic rings. The zero-order valence-corrected chi connectivity index (χ0v) is 21.2. The third kappa shape index (κ3) is 9.96. The first-order valence-electron chi connectivity index (χ1n) is 12.7. The van der Waals surface area contributed by atoms with Gasteiger partial charge in [-0.1, -0.05) is 103 Å². The summed E-state index contributed by atoms with van der Waals surface area (Å²) >= 11 is 3.86. The highest BCUT2D eigenvalue weighted by molar-refractivity contribution is 7.12. The molecule has 0 aliphatic carbocycles. The first kappa shape index (κ1) is 25.4. The molecular formula is C28H44S2. The molecule has 0 saturated heterocycles. The molecule has 0 nitrogen and oxygen atoms in total. The van der Waals surface area contributed by atoms with E-state index in [0.29, 0.717) is 0 Å². The Morgan fingerprint density at radius 3 is 1.23 bits per heavy atom. The molecule has 2 aromatic rings. The molecule has 0 atom stereocenters. The Kier molecular flexibility index (Phi) is 14.2. The molecule has 2 rings (SSSR count). The van der Waals surface area contributed by atoms with Crippen molar-refractivity contribution in [2.75, 3.05) is 0 Å². The Morgan fingerprint density at radius 1 is 0.533 bits per heavy atom. The van der Waals surface area contributed by atoms with Crippen molar-refractivity contribution in [3.63, 3.8) is 0 Å².